The normalized spacial score (nSPS) is 15.9. The molecule has 0 fully saturated rings. The summed E-state index contributed by atoms with van der Waals surface area (Å²) in [6.07, 6.45) is 1.40. The molecule has 19 heavy (non-hydrogen) atoms. The average Bonchev–Trinajstić information content (AvgIpc) is 2.91. The first-order chi connectivity index (χ1) is 9.09. The summed E-state index contributed by atoms with van der Waals surface area (Å²) in [5.41, 5.74) is 0.431. The van der Waals surface area contributed by atoms with E-state index < -0.39 is 5.54 Å². The van der Waals surface area contributed by atoms with Gasteiger partial charge in [0.2, 0.25) is 6.79 Å². The quantitative estimate of drug-likeness (QED) is 0.818. The van der Waals surface area contributed by atoms with E-state index in [-0.39, 0.29) is 12.8 Å². The molecule has 1 aliphatic heterocycles. The van der Waals surface area contributed by atoms with Gasteiger partial charge in [-0.25, -0.2) is 0 Å². The van der Waals surface area contributed by atoms with Gasteiger partial charge in [-0.15, -0.1) is 0 Å². The van der Waals surface area contributed by atoms with Crippen LogP contribution < -0.4 is 14.8 Å². The van der Waals surface area contributed by atoms with Crippen LogP contribution in [0.3, 0.4) is 0 Å². The number of rotatable bonds is 5. The standard InChI is InChI=1S/C14H19NO4/c1-14(15-2,13(16)17-3)7-6-10-4-5-11-12(8-10)19-9-18-11/h4-5,8,15H,6-7,9H2,1-3H3. The molecule has 0 bridgehead atoms. The van der Waals surface area contributed by atoms with Crippen molar-refractivity contribution in [3.8, 4) is 11.5 Å². The molecule has 5 nitrogen and oxygen atoms in total. The Morgan fingerprint density at radius 1 is 1.42 bits per heavy atom. The summed E-state index contributed by atoms with van der Waals surface area (Å²) in [4.78, 5) is 11.7. The van der Waals surface area contributed by atoms with E-state index in [1.807, 2.05) is 25.1 Å². The molecular weight excluding hydrogens is 246 g/mol. The SMILES string of the molecule is CNC(C)(CCc1ccc2c(c1)OCO2)C(=O)OC. The monoisotopic (exact) mass is 265 g/mol. The van der Waals surface area contributed by atoms with E-state index in [1.54, 1.807) is 7.05 Å². The molecule has 0 radical (unpaired) electrons. The van der Waals surface area contributed by atoms with Gasteiger partial charge < -0.3 is 19.5 Å². The van der Waals surface area contributed by atoms with Crippen LogP contribution in [0, 0.1) is 0 Å². The Kier molecular flexibility index (Phi) is 3.95. The molecule has 1 aliphatic rings. The van der Waals surface area contributed by atoms with Gasteiger partial charge >= 0.3 is 5.97 Å². The number of carbonyl (C=O) groups excluding carboxylic acids is 1. The lowest BCUT2D eigenvalue weighted by Crippen LogP contribution is -2.48. The lowest BCUT2D eigenvalue weighted by atomic mass is 9.93. The van der Waals surface area contributed by atoms with Gasteiger partial charge in [-0.1, -0.05) is 6.07 Å². The highest BCUT2D eigenvalue weighted by Gasteiger charge is 2.32. The lowest BCUT2D eigenvalue weighted by Gasteiger charge is -2.26. The molecule has 5 heteroatoms. The van der Waals surface area contributed by atoms with Crippen LogP contribution in [0.5, 0.6) is 11.5 Å². The largest absolute Gasteiger partial charge is 0.468 e. The van der Waals surface area contributed by atoms with E-state index in [9.17, 15) is 4.79 Å². The van der Waals surface area contributed by atoms with Crippen LogP contribution in [0.1, 0.15) is 18.9 Å². The third-order valence-electron chi connectivity index (χ3n) is 3.54. The molecule has 0 saturated heterocycles. The number of methoxy groups -OCH3 is 1. The molecule has 0 amide bonds. The van der Waals surface area contributed by atoms with Gasteiger partial charge in [0.25, 0.3) is 0 Å². The number of nitrogens with one attached hydrogen (secondary N) is 1. The Bertz CT molecular complexity index is 475. The predicted octanol–water partition coefficient (Wildman–Crippen LogP) is 1.50. The minimum atomic E-state index is -0.675. The molecule has 1 atom stereocenters. The Labute approximate surface area is 112 Å². The fourth-order valence-corrected chi connectivity index (χ4v) is 2.05. The van der Waals surface area contributed by atoms with Gasteiger partial charge in [0.05, 0.1) is 7.11 Å². The van der Waals surface area contributed by atoms with Crippen molar-refractivity contribution in [2.45, 2.75) is 25.3 Å². The highest BCUT2D eigenvalue weighted by molar-refractivity contribution is 5.80. The number of aryl methyl sites for hydroxylation is 1. The van der Waals surface area contributed by atoms with Crippen LogP contribution in [0.25, 0.3) is 0 Å². The van der Waals surface area contributed by atoms with E-state index >= 15 is 0 Å². The second-order valence-electron chi connectivity index (χ2n) is 4.76. The number of likely N-dealkylation sites (N-methyl/N-ethyl adjacent to an activating group) is 1. The van der Waals surface area contributed by atoms with Crippen molar-refractivity contribution >= 4 is 5.97 Å². The third kappa shape index (κ3) is 2.81. The molecule has 1 aromatic rings. The van der Waals surface area contributed by atoms with E-state index in [0.717, 1.165) is 23.5 Å². The van der Waals surface area contributed by atoms with Crippen LogP contribution in [0.4, 0.5) is 0 Å². The molecular formula is C14H19NO4. The van der Waals surface area contributed by atoms with Gasteiger partial charge in [-0.2, -0.15) is 0 Å². The minimum Gasteiger partial charge on any atom is -0.468 e. The smallest absolute Gasteiger partial charge is 0.325 e. The van der Waals surface area contributed by atoms with E-state index in [1.165, 1.54) is 7.11 Å². The molecule has 2 rings (SSSR count). The first-order valence-corrected chi connectivity index (χ1v) is 6.25. The van der Waals surface area contributed by atoms with Crippen molar-refractivity contribution < 1.29 is 19.0 Å². The van der Waals surface area contributed by atoms with Crippen molar-refractivity contribution in [3.05, 3.63) is 23.8 Å². The fraction of sp³-hybridized carbons (Fsp3) is 0.500. The molecule has 0 aliphatic carbocycles. The summed E-state index contributed by atoms with van der Waals surface area (Å²) >= 11 is 0. The first-order valence-electron chi connectivity index (χ1n) is 6.25. The Balaban J connectivity index is 2.03. The van der Waals surface area contributed by atoms with Crippen molar-refractivity contribution in [2.24, 2.45) is 0 Å². The molecule has 1 heterocycles. The summed E-state index contributed by atoms with van der Waals surface area (Å²) in [5, 5.41) is 3.02. The van der Waals surface area contributed by atoms with Crippen molar-refractivity contribution in [3.63, 3.8) is 0 Å². The van der Waals surface area contributed by atoms with Gasteiger partial charge in [-0.3, -0.25) is 4.79 Å². The zero-order valence-electron chi connectivity index (χ0n) is 11.5. The average molecular weight is 265 g/mol. The van der Waals surface area contributed by atoms with E-state index in [0.29, 0.717) is 6.42 Å². The summed E-state index contributed by atoms with van der Waals surface area (Å²) < 4.78 is 15.4. The summed E-state index contributed by atoms with van der Waals surface area (Å²) in [6, 6.07) is 5.84. The van der Waals surface area contributed by atoms with Crippen LogP contribution >= 0.6 is 0 Å². The van der Waals surface area contributed by atoms with Gasteiger partial charge in [0.1, 0.15) is 5.54 Å². The number of carbonyl (C=O) groups is 1. The number of benzene rings is 1. The van der Waals surface area contributed by atoms with Crippen LogP contribution in [0.2, 0.25) is 0 Å². The summed E-state index contributed by atoms with van der Waals surface area (Å²) in [6.45, 7) is 2.11. The summed E-state index contributed by atoms with van der Waals surface area (Å²) in [7, 11) is 3.16. The zero-order valence-corrected chi connectivity index (χ0v) is 11.5. The molecule has 1 unspecified atom stereocenters. The maximum atomic E-state index is 11.7. The van der Waals surface area contributed by atoms with Crippen LogP contribution in [-0.2, 0) is 16.0 Å². The van der Waals surface area contributed by atoms with Gasteiger partial charge in [0, 0.05) is 0 Å². The van der Waals surface area contributed by atoms with Crippen LogP contribution in [0.15, 0.2) is 18.2 Å². The fourth-order valence-electron chi connectivity index (χ4n) is 2.05. The van der Waals surface area contributed by atoms with E-state index in [4.69, 9.17) is 14.2 Å². The first kappa shape index (κ1) is 13.7. The topological polar surface area (TPSA) is 56.8 Å². The molecule has 1 N–H and O–H groups in total. The van der Waals surface area contributed by atoms with Crippen molar-refractivity contribution in [2.75, 3.05) is 21.0 Å². The lowest BCUT2D eigenvalue weighted by molar-refractivity contribution is -0.147. The van der Waals surface area contributed by atoms with Gasteiger partial charge in [-0.05, 0) is 44.5 Å². The Morgan fingerprint density at radius 3 is 2.84 bits per heavy atom. The molecule has 1 aromatic carbocycles. The van der Waals surface area contributed by atoms with Gasteiger partial charge in [0.15, 0.2) is 11.5 Å². The Hall–Kier alpha value is -1.75. The predicted molar refractivity (Wildman–Crippen MR) is 70.4 cm³/mol. The zero-order chi connectivity index (χ0) is 13.9. The number of esters is 1. The number of hydrogen-bond acceptors (Lipinski definition) is 5. The number of fused-ring (bicyclic) bond motifs is 1. The van der Waals surface area contributed by atoms with Crippen LogP contribution in [-0.4, -0.2) is 32.5 Å². The summed E-state index contributed by atoms with van der Waals surface area (Å²) in [5.74, 6) is 1.28. The maximum Gasteiger partial charge on any atom is 0.325 e. The third-order valence-corrected chi connectivity index (χ3v) is 3.54. The highest BCUT2D eigenvalue weighted by atomic mass is 16.7. The van der Waals surface area contributed by atoms with E-state index in [2.05, 4.69) is 5.32 Å². The van der Waals surface area contributed by atoms with Crippen molar-refractivity contribution in [1.82, 2.24) is 5.32 Å². The minimum absolute atomic E-state index is 0.254. The number of hydrogen-bond donors (Lipinski definition) is 1. The second-order valence-corrected chi connectivity index (χ2v) is 4.76. The maximum absolute atomic E-state index is 11.7. The molecule has 0 spiro atoms. The molecule has 0 saturated carbocycles. The molecule has 0 aromatic heterocycles. The number of ether oxygens (including phenoxy) is 3. The second kappa shape index (κ2) is 5.48. The highest BCUT2D eigenvalue weighted by Crippen LogP contribution is 2.33. The Morgan fingerprint density at radius 2 is 2.16 bits per heavy atom. The van der Waals surface area contributed by atoms with Crippen molar-refractivity contribution in [1.29, 1.82) is 0 Å². The molecule has 104 valence electrons.